The van der Waals surface area contributed by atoms with Gasteiger partial charge in [-0.1, -0.05) is 218 Å². The van der Waals surface area contributed by atoms with Crippen LogP contribution in [0.2, 0.25) is 0 Å². The van der Waals surface area contributed by atoms with E-state index in [1.165, 1.54) is 66.0 Å². The average Bonchev–Trinajstić information content (AvgIpc) is 1.61. The van der Waals surface area contributed by atoms with Crippen molar-refractivity contribution in [2.24, 2.45) is 0 Å². The number of carbonyl (C=O) groups excluding carboxylic acids is 4. The highest BCUT2D eigenvalue weighted by Crippen LogP contribution is 2.39. The molecule has 4 amide bonds. The number of hydrogen-bond acceptors (Lipinski definition) is 21. The largest absolute Gasteiger partial charge is 0.410 e. The molecule has 1 aliphatic rings. The van der Waals surface area contributed by atoms with Gasteiger partial charge in [0, 0.05) is 116 Å². The molecule has 0 radical (unpaired) electrons. The van der Waals surface area contributed by atoms with Gasteiger partial charge in [0.1, 0.15) is 33.7 Å². The minimum absolute atomic E-state index is 0.00923. The first-order valence-electron chi connectivity index (χ1n) is 47.9. The zero-order chi connectivity index (χ0) is 104. The lowest BCUT2D eigenvalue weighted by molar-refractivity contribution is 0.0942. The number of thiazole rings is 2. The summed E-state index contributed by atoms with van der Waals surface area (Å²) >= 11 is 2.64. The third kappa shape index (κ3) is 24.2. The number of carbonyl (C=O) groups is 4. The Morgan fingerprint density at radius 3 is 1.14 bits per heavy atom. The molecule has 0 bridgehead atoms. The number of ether oxygens (including phenoxy) is 2. The van der Waals surface area contributed by atoms with Crippen molar-refractivity contribution in [3.05, 3.63) is 397 Å². The van der Waals surface area contributed by atoms with Gasteiger partial charge in [-0.25, -0.2) is 75.0 Å². The minimum Gasteiger partial charge on any atom is -0.410 e. The molecule has 0 atom stereocenters. The molecule has 5 N–H and O–H groups in total. The van der Waals surface area contributed by atoms with Gasteiger partial charge < -0.3 is 54.3 Å². The Labute approximate surface area is 853 Å². The number of rotatable bonds is 31. The average molecular weight is 2040 g/mol. The third-order valence-corrected chi connectivity index (χ3v) is 25.7. The smallest absolute Gasteiger partial charge is 0.325 e. The van der Waals surface area contributed by atoms with E-state index in [2.05, 4.69) is 71.0 Å². The van der Waals surface area contributed by atoms with Gasteiger partial charge in [-0.2, -0.15) is 9.97 Å². The number of nitrogens with zero attached hydrogens (tertiary/aromatic N) is 16. The number of pyridine rings is 2. The first-order valence-corrected chi connectivity index (χ1v) is 49.7. The molecule has 27 nitrogen and oxygen atoms in total. The van der Waals surface area contributed by atoms with E-state index in [4.69, 9.17) is 29.4 Å². The predicted molar refractivity (Wildman–Crippen MR) is 550 cm³/mol. The molecule has 19 aromatic rings. The Morgan fingerprint density at radius 2 is 0.730 bits per heavy atom. The molecule has 12 aromatic heterocycles. The number of hydrogen-bond donors (Lipinski definition) is 5. The summed E-state index contributed by atoms with van der Waals surface area (Å²) < 4.78 is 128. The summed E-state index contributed by atoms with van der Waals surface area (Å²) in [6.45, 7) is 18.1. The summed E-state index contributed by atoms with van der Waals surface area (Å²) in [4.78, 5) is 109. The van der Waals surface area contributed by atoms with Gasteiger partial charge in [0.2, 0.25) is 5.88 Å². The summed E-state index contributed by atoms with van der Waals surface area (Å²) in [7, 11) is 0. The van der Waals surface area contributed by atoms with Crippen LogP contribution in [-0.2, 0) is 52.4 Å². The second-order valence-electron chi connectivity index (χ2n) is 36.3. The Hall–Kier alpha value is -16.7. The highest BCUT2D eigenvalue weighted by molar-refractivity contribution is 7.11. The molecule has 7 aromatic carbocycles. The van der Waals surface area contributed by atoms with Crippen molar-refractivity contribution >= 4 is 96.6 Å². The highest BCUT2D eigenvalue weighted by atomic mass is 32.1. The lowest BCUT2D eigenvalue weighted by Gasteiger charge is -2.15. The Kier molecular flexibility index (Phi) is 32.6. The van der Waals surface area contributed by atoms with E-state index in [1.807, 2.05) is 196 Å². The van der Waals surface area contributed by atoms with E-state index in [1.54, 1.807) is 54.1 Å². The fraction of sp³-hybridized carbons (Fsp3) is 0.225. The highest BCUT2D eigenvalue weighted by Gasteiger charge is 2.34. The molecule has 12 heterocycles. The summed E-state index contributed by atoms with van der Waals surface area (Å²) in [6.07, 6.45) is 17.6. The second kappa shape index (κ2) is 47.0. The molecule has 0 aliphatic heterocycles. The number of benzene rings is 7. The fourth-order valence-corrected chi connectivity index (χ4v) is 18.8. The predicted octanol–water partition coefficient (Wildman–Crippen LogP) is 23.6. The van der Waals surface area contributed by atoms with Gasteiger partial charge in [0.25, 0.3) is 34.0 Å². The molecule has 1 saturated carbocycles. The van der Waals surface area contributed by atoms with Gasteiger partial charge in [-0.05, 0) is 148 Å². The summed E-state index contributed by atoms with van der Waals surface area (Å²) in [5.41, 5.74) is 15.5. The SMILES string of the molecule is CC(C)c1c(C(=O)NCc2ccc(F)c(F)c2)c2cnc(Oc3nccs3)nc2n1Cc1ccccn1.CC(C)c1c(C(=O)NCc2ccc(F)c(F)c2)c2ncc(-c3ccccn3)nc2n1Cc1ccccc1.CC(C)c1c(C(=O)NCc2ccc(F)c(F)c2)c2ncc(NC3CCCC3)nc2n1Cc1ccccc1.CC(C)c1c(C(=O)NCc2ccc(F)c(F)c2)c2ncc(Oc3nccs3)nc2n1Cc1ccccc1. The molecule has 0 unspecified atom stereocenters. The topological polar surface area (TPSA) is 321 Å². The van der Waals surface area contributed by atoms with Gasteiger partial charge in [0.15, 0.2) is 63.5 Å². The maximum absolute atomic E-state index is 13.7. The monoisotopic (exact) mass is 2040 g/mol. The number of halogens is 8. The van der Waals surface area contributed by atoms with Crippen molar-refractivity contribution in [1.29, 1.82) is 0 Å². The normalized spacial score (nSPS) is 11.9. The van der Waals surface area contributed by atoms with Crippen molar-refractivity contribution in [3.63, 3.8) is 0 Å². The minimum atomic E-state index is -0.970. The number of aromatic nitrogens is 16. The van der Waals surface area contributed by atoms with E-state index in [0.29, 0.717) is 149 Å². The third-order valence-electron chi connectivity index (χ3n) is 24.4. The molecular formula is C111H101F8N21O6S2. The van der Waals surface area contributed by atoms with Crippen LogP contribution in [0.5, 0.6) is 22.3 Å². The van der Waals surface area contributed by atoms with Crippen LogP contribution in [0.15, 0.2) is 261 Å². The number of amides is 4. The second-order valence-corrected chi connectivity index (χ2v) is 38.0. The van der Waals surface area contributed by atoms with Gasteiger partial charge in [-0.3, -0.25) is 29.1 Å². The van der Waals surface area contributed by atoms with Gasteiger partial charge >= 0.3 is 6.01 Å². The van der Waals surface area contributed by atoms with Crippen molar-refractivity contribution in [2.45, 2.75) is 163 Å². The van der Waals surface area contributed by atoms with Crippen LogP contribution in [0.4, 0.5) is 40.9 Å². The van der Waals surface area contributed by atoms with E-state index in [-0.39, 0.29) is 85.4 Å². The van der Waals surface area contributed by atoms with Crippen LogP contribution in [0, 0.1) is 46.5 Å². The summed E-state index contributed by atoms with van der Waals surface area (Å²) in [5.74, 6) is -8.17. The number of anilines is 1. The zero-order valence-electron chi connectivity index (χ0n) is 81.6. The van der Waals surface area contributed by atoms with Crippen LogP contribution in [-0.4, -0.2) is 108 Å². The standard InChI is InChI=1S/C29H25F2N5O.C29H31F2N5O.C27H23F2N5O2S.C26H22F2N6O2S/c1-18(2)27-25(29(37)34-15-20-11-12-21(30)22(31)14-20)26-28(36(27)17-19-8-4-3-5-9-19)35-24(16-33-26)23-10-6-7-13-32-23;1-18(2)27-25(29(37)33-15-20-12-13-22(30)23(31)14-20)26-28(36(27)17-19-8-4-3-5-9-19)35-24(16-32-26)34-21-10-6-7-11-21;1-16(2)24-22(26(35)32-13-18-8-9-19(28)20(29)12-18)23-25(34(24)15-17-6-4-3-5-7-17)33-21(14-31-23)36-27-30-10-11-37-27;1-15(2)22-21(24(35)31-12-16-6-7-19(27)20(28)11-16)18-13-32-25(36-26-30-9-10-37-26)33-23(18)34(22)14-17-5-3-4-8-29-17/h3-14,16,18H,15,17H2,1-2H3,(H,34,37);3-5,8-9,12-14,16,18,21H,6-7,10-11,15,17H2,1-2H3,(H,33,37)(H,34,35);3-12,14,16H,13,15H2,1-2H3,(H,32,35);3-11,13,15H,12,14H2,1-2H3,(H,31,35). The first kappa shape index (κ1) is 103. The lowest BCUT2D eigenvalue weighted by Crippen LogP contribution is -2.24. The molecule has 148 heavy (non-hydrogen) atoms. The number of fused-ring (bicyclic) bond motifs is 4. The van der Waals surface area contributed by atoms with Crippen LogP contribution in [0.25, 0.3) is 55.9 Å². The molecule has 1 fully saturated rings. The fourth-order valence-electron chi connectivity index (χ4n) is 17.8. The molecule has 1 aliphatic carbocycles. The number of nitrogens with one attached hydrogen (secondary N) is 5. The van der Waals surface area contributed by atoms with E-state index < -0.39 is 46.5 Å². The van der Waals surface area contributed by atoms with E-state index >= 15 is 0 Å². The van der Waals surface area contributed by atoms with Crippen LogP contribution in [0.3, 0.4) is 0 Å². The molecule has 0 saturated heterocycles. The first-order chi connectivity index (χ1) is 71.6. The Morgan fingerprint density at radius 1 is 0.345 bits per heavy atom. The van der Waals surface area contributed by atoms with Gasteiger partial charge in [0.05, 0.1) is 64.2 Å². The van der Waals surface area contributed by atoms with Crippen molar-refractivity contribution in [1.82, 2.24) is 99.3 Å². The quantitative estimate of drug-likeness (QED) is 0.0252. The van der Waals surface area contributed by atoms with Crippen LogP contribution >= 0.6 is 22.7 Å². The molecule has 37 heteroatoms. The Bertz CT molecular complexity index is 7700. The summed E-state index contributed by atoms with van der Waals surface area (Å²) in [6, 6.07) is 55.8. The van der Waals surface area contributed by atoms with Crippen molar-refractivity contribution in [3.8, 4) is 33.7 Å². The van der Waals surface area contributed by atoms with E-state index in [9.17, 15) is 54.3 Å². The Balaban J connectivity index is 0.000000135. The lowest BCUT2D eigenvalue weighted by atomic mass is 10.0. The van der Waals surface area contributed by atoms with Crippen molar-refractivity contribution < 1.29 is 63.8 Å². The van der Waals surface area contributed by atoms with E-state index in [0.717, 1.165) is 107 Å². The zero-order valence-corrected chi connectivity index (χ0v) is 83.3. The van der Waals surface area contributed by atoms with Crippen molar-refractivity contribution in [2.75, 3.05) is 5.32 Å². The van der Waals surface area contributed by atoms with Crippen LogP contribution in [0.1, 0.15) is 214 Å². The van der Waals surface area contributed by atoms with Crippen LogP contribution < -0.4 is 36.1 Å². The van der Waals surface area contributed by atoms with Gasteiger partial charge in [-0.15, -0.1) is 0 Å². The molecular weight excluding hydrogens is 1940 g/mol. The maximum Gasteiger partial charge on any atom is 0.325 e. The molecule has 20 rings (SSSR count). The maximum atomic E-state index is 13.7. The summed E-state index contributed by atoms with van der Waals surface area (Å²) in [5, 5.41) is 19.8. The molecule has 0 spiro atoms. The molecule has 754 valence electrons.